The number of carbonyl (C=O) groups excluding carboxylic acids is 1. The fraction of sp³-hybridized carbons (Fsp3) is 0.111. The first-order valence-electron chi connectivity index (χ1n) is 10.5. The number of rotatable bonds is 8. The van der Waals surface area contributed by atoms with Crippen LogP contribution in [-0.2, 0) is 17.8 Å². The first-order valence-corrected chi connectivity index (χ1v) is 10.5. The zero-order valence-electron chi connectivity index (χ0n) is 17.9. The molecule has 1 heterocycles. The number of benzene rings is 3. The second-order valence-corrected chi connectivity index (χ2v) is 7.38. The maximum Gasteiger partial charge on any atom is 0.244 e. The van der Waals surface area contributed by atoms with Crippen molar-refractivity contribution < 1.29 is 9.53 Å². The lowest BCUT2D eigenvalue weighted by Crippen LogP contribution is -2.21. The van der Waals surface area contributed by atoms with E-state index in [1.165, 1.54) is 11.1 Å². The number of hydrogen-bond donors (Lipinski definition) is 1. The monoisotopic (exact) mass is 423 g/mol. The quantitative estimate of drug-likeness (QED) is 0.414. The summed E-state index contributed by atoms with van der Waals surface area (Å²) < 4.78 is 7.38. The van der Waals surface area contributed by atoms with E-state index in [2.05, 4.69) is 34.6 Å². The van der Waals surface area contributed by atoms with Crippen LogP contribution in [0, 0.1) is 0 Å². The van der Waals surface area contributed by atoms with Crippen molar-refractivity contribution >= 4 is 12.0 Å². The Morgan fingerprint density at radius 2 is 1.81 bits per heavy atom. The Kier molecular flexibility index (Phi) is 6.78. The number of ether oxygens (including phenoxy) is 1. The molecule has 1 amide bonds. The van der Waals surface area contributed by atoms with Crippen LogP contribution < -0.4 is 10.1 Å². The summed E-state index contributed by atoms with van der Waals surface area (Å²) in [5.74, 6) is 0.567. The SMILES string of the molecule is COc1cc(C=CC(=O)NCc2ccccc2Cc2ccccc2)ccc1-n1ccnc1. The summed E-state index contributed by atoms with van der Waals surface area (Å²) in [6, 6.07) is 24.3. The maximum absolute atomic E-state index is 12.4. The van der Waals surface area contributed by atoms with Crippen molar-refractivity contribution in [2.75, 3.05) is 7.11 Å². The molecule has 4 rings (SSSR count). The Balaban J connectivity index is 1.39. The minimum Gasteiger partial charge on any atom is -0.495 e. The number of methoxy groups -OCH3 is 1. The summed E-state index contributed by atoms with van der Waals surface area (Å²) in [7, 11) is 1.63. The number of nitrogens with one attached hydrogen (secondary N) is 1. The zero-order valence-corrected chi connectivity index (χ0v) is 17.9. The van der Waals surface area contributed by atoms with Gasteiger partial charge in [-0.3, -0.25) is 4.79 Å². The Labute approximate surface area is 188 Å². The third-order valence-corrected chi connectivity index (χ3v) is 5.22. The molecule has 0 saturated heterocycles. The predicted octanol–water partition coefficient (Wildman–Crippen LogP) is 4.80. The molecular formula is C27H25N3O2. The van der Waals surface area contributed by atoms with Crippen LogP contribution in [0.25, 0.3) is 11.8 Å². The van der Waals surface area contributed by atoms with Crippen LogP contribution in [0.5, 0.6) is 5.75 Å². The highest BCUT2D eigenvalue weighted by Crippen LogP contribution is 2.24. The standard InChI is InChI=1S/C27H25N3O2/c1-32-26-18-22(11-13-25(26)30-16-15-28-20-30)12-14-27(31)29-19-24-10-6-5-9-23(24)17-21-7-3-2-4-8-21/h2-16,18,20H,17,19H2,1H3,(H,29,31). The van der Waals surface area contributed by atoms with Crippen molar-refractivity contribution in [1.29, 1.82) is 0 Å². The van der Waals surface area contributed by atoms with Crippen LogP contribution in [-0.4, -0.2) is 22.6 Å². The molecule has 1 aromatic heterocycles. The van der Waals surface area contributed by atoms with Gasteiger partial charge in [-0.25, -0.2) is 4.98 Å². The zero-order chi connectivity index (χ0) is 22.2. The molecule has 0 aliphatic carbocycles. The number of amides is 1. The molecule has 0 fully saturated rings. The maximum atomic E-state index is 12.4. The van der Waals surface area contributed by atoms with E-state index < -0.39 is 0 Å². The van der Waals surface area contributed by atoms with E-state index in [0.717, 1.165) is 23.2 Å². The fourth-order valence-corrected chi connectivity index (χ4v) is 3.54. The molecule has 0 spiro atoms. The number of carbonyl (C=O) groups is 1. The molecule has 5 heteroatoms. The van der Waals surface area contributed by atoms with Crippen molar-refractivity contribution in [3.8, 4) is 11.4 Å². The topological polar surface area (TPSA) is 56.1 Å². The number of nitrogens with zero attached hydrogens (tertiary/aromatic N) is 2. The highest BCUT2D eigenvalue weighted by molar-refractivity contribution is 5.91. The molecular weight excluding hydrogens is 398 g/mol. The van der Waals surface area contributed by atoms with Gasteiger partial charge in [-0.2, -0.15) is 0 Å². The van der Waals surface area contributed by atoms with Gasteiger partial charge in [0.25, 0.3) is 0 Å². The highest BCUT2D eigenvalue weighted by Gasteiger charge is 2.07. The normalized spacial score (nSPS) is 10.9. The average Bonchev–Trinajstić information content (AvgIpc) is 3.37. The molecule has 32 heavy (non-hydrogen) atoms. The smallest absolute Gasteiger partial charge is 0.244 e. The van der Waals surface area contributed by atoms with Gasteiger partial charge in [-0.05, 0) is 46.9 Å². The molecule has 4 aromatic rings. The number of imidazole rings is 1. The molecule has 0 aliphatic heterocycles. The number of aromatic nitrogens is 2. The molecule has 0 atom stereocenters. The lowest BCUT2D eigenvalue weighted by atomic mass is 10.00. The summed E-state index contributed by atoms with van der Waals surface area (Å²) in [6.07, 6.45) is 9.46. The van der Waals surface area contributed by atoms with E-state index in [-0.39, 0.29) is 5.91 Å². The largest absolute Gasteiger partial charge is 0.495 e. The van der Waals surface area contributed by atoms with E-state index in [0.29, 0.717) is 12.3 Å². The van der Waals surface area contributed by atoms with Gasteiger partial charge in [0, 0.05) is 25.0 Å². The molecule has 1 N–H and O–H groups in total. The summed E-state index contributed by atoms with van der Waals surface area (Å²) in [6.45, 7) is 0.481. The average molecular weight is 424 g/mol. The van der Waals surface area contributed by atoms with Crippen molar-refractivity contribution in [3.05, 3.63) is 120 Å². The Morgan fingerprint density at radius 3 is 2.56 bits per heavy atom. The molecule has 0 aliphatic rings. The van der Waals surface area contributed by atoms with Gasteiger partial charge in [0.05, 0.1) is 19.1 Å². The Morgan fingerprint density at radius 1 is 1.03 bits per heavy atom. The second kappa shape index (κ2) is 10.3. The van der Waals surface area contributed by atoms with Crippen LogP contribution >= 0.6 is 0 Å². The Bertz CT molecular complexity index is 1200. The summed E-state index contributed by atoms with van der Waals surface area (Å²) in [4.78, 5) is 16.5. The molecule has 0 bridgehead atoms. The van der Waals surface area contributed by atoms with Crippen LogP contribution in [0.1, 0.15) is 22.3 Å². The molecule has 160 valence electrons. The van der Waals surface area contributed by atoms with Gasteiger partial charge in [0.2, 0.25) is 5.91 Å². The van der Waals surface area contributed by atoms with Crippen molar-refractivity contribution in [1.82, 2.24) is 14.9 Å². The minimum absolute atomic E-state index is 0.142. The van der Waals surface area contributed by atoms with Crippen LogP contribution in [0.15, 0.2) is 97.6 Å². The summed E-state index contributed by atoms with van der Waals surface area (Å²) in [5.41, 5.74) is 5.35. The van der Waals surface area contributed by atoms with E-state index in [9.17, 15) is 4.79 Å². The van der Waals surface area contributed by atoms with Crippen molar-refractivity contribution in [3.63, 3.8) is 0 Å². The first kappa shape index (κ1) is 21.1. The van der Waals surface area contributed by atoms with Gasteiger partial charge < -0.3 is 14.6 Å². The summed E-state index contributed by atoms with van der Waals surface area (Å²) in [5, 5.41) is 2.99. The van der Waals surface area contributed by atoms with Gasteiger partial charge >= 0.3 is 0 Å². The lowest BCUT2D eigenvalue weighted by Gasteiger charge is -2.11. The van der Waals surface area contributed by atoms with Gasteiger partial charge in [-0.15, -0.1) is 0 Å². The first-order chi connectivity index (χ1) is 15.7. The number of hydrogen-bond acceptors (Lipinski definition) is 3. The fourth-order valence-electron chi connectivity index (χ4n) is 3.54. The van der Waals surface area contributed by atoms with Crippen LogP contribution in [0.4, 0.5) is 0 Å². The van der Waals surface area contributed by atoms with Crippen molar-refractivity contribution in [2.45, 2.75) is 13.0 Å². The van der Waals surface area contributed by atoms with E-state index in [1.54, 1.807) is 31.8 Å². The molecule has 0 saturated carbocycles. The second-order valence-electron chi connectivity index (χ2n) is 7.38. The summed E-state index contributed by atoms with van der Waals surface area (Å²) >= 11 is 0. The molecule has 3 aromatic carbocycles. The van der Waals surface area contributed by atoms with E-state index in [4.69, 9.17) is 4.74 Å². The van der Waals surface area contributed by atoms with Gasteiger partial charge in [-0.1, -0.05) is 60.7 Å². The molecule has 5 nitrogen and oxygen atoms in total. The van der Waals surface area contributed by atoms with Crippen LogP contribution in [0.2, 0.25) is 0 Å². The molecule has 0 unspecified atom stereocenters. The predicted molar refractivity (Wildman–Crippen MR) is 127 cm³/mol. The van der Waals surface area contributed by atoms with Crippen molar-refractivity contribution in [2.24, 2.45) is 0 Å². The third-order valence-electron chi connectivity index (χ3n) is 5.22. The molecule has 0 radical (unpaired) electrons. The Hall–Kier alpha value is -4.12. The van der Waals surface area contributed by atoms with Gasteiger partial charge in [0.1, 0.15) is 5.75 Å². The van der Waals surface area contributed by atoms with E-state index >= 15 is 0 Å². The highest BCUT2D eigenvalue weighted by atomic mass is 16.5. The minimum atomic E-state index is -0.142. The van der Waals surface area contributed by atoms with Gasteiger partial charge in [0.15, 0.2) is 0 Å². The lowest BCUT2D eigenvalue weighted by molar-refractivity contribution is -0.116. The van der Waals surface area contributed by atoms with E-state index in [1.807, 2.05) is 59.3 Å². The third kappa shape index (κ3) is 5.32. The van der Waals surface area contributed by atoms with Crippen LogP contribution in [0.3, 0.4) is 0 Å².